The molecule has 0 bridgehead atoms. The van der Waals surface area contributed by atoms with Crippen LogP contribution >= 0.6 is 0 Å². The van der Waals surface area contributed by atoms with Gasteiger partial charge in [0.2, 0.25) is 10.0 Å². The molecule has 8 nitrogen and oxygen atoms in total. The monoisotopic (exact) mass is 342 g/mol. The van der Waals surface area contributed by atoms with E-state index in [0.717, 1.165) is 4.31 Å². The first-order valence-corrected chi connectivity index (χ1v) is 8.57. The van der Waals surface area contributed by atoms with E-state index in [0.29, 0.717) is 11.1 Å². The van der Waals surface area contributed by atoms with Gasteiger partial charge >= 0.3 is 5.97 Å². The number of nitro benzene ring substituents is 1. The van der Waals surface area contributed by atoms with E-state index in [4.69, 9.17) is 5.11 Å². The maximum absolute atomic E-state index is 12.8. The van der Waals surface area contributed by atoms with E-state index in [2.05, 4.69) is 0 Å². The van der Waals surface area contributed by atoms with Crippen molar-refractivity contribution >= 4 is 21.7 Å². The normalized spacial score (nSPS) is 17.1. The molecule has 9 heteroatoms. The lowest BCUT2D eigenvalue weighted by Gasteiger charge is -2.29. The van der Waals surface area contributed by atoms with Gasteiger partial charge in [-0.15, -0.1) is 0 Å². The Bertz CT molecular complexity index is 751. The fourth-order valence-corrected chi connectivity index (χ4v) is 4.62. The second-order valence-corrected chi connectivity index (χ2v) is 7.50. The summed E-state index contributed by atoms with van der Waals surface area (Å²) in [7, 11) is -4.04. The van der Waals surface area contributed by atoms with Crippen LogP contribution < -0.4 is 0 Å². The fraction of sp³-hybridized carbons (Fsp3) is 0.500. The Hall–Kier alpha value is -2.00. The summed E-state index contributed by atoms with van der Waals surface area (Å²) in [6.07, 6.45) is 0.403. The lowest BCUT2D eigenvalue weighted by Crippen LogP contribution is -2.40. The van der Waals surface area contributed by atoms with Crippen LogP contribution in [0.15, 0.2) is 17.0 Å². The number of piperidine rings is 1. The number of carboxylic acid groups (broad SMARTS) is 1. The summed E-state index contributed by atoms with van der Waals surface area (Å²) in [5.41, 5.74) is 0.544. The van der Waals surface area contributed by atoms with Crippen LogP contribution in [0.2, 0.25) is 0 Å². The molecule has 0 amide bonds. The summed E-state index contributed by atoms with van der Waals surface area (Å²) >= 11 is 0. The third-order valence-corrected chi connectivity index (χ3v) is 6.33. The van der Waals surface area contributed by atoms with Crippen molar-refractivity contribution in [3.63, 3.8) is 0 Å². The molecule has 1 aromatic carbocycles. The van der Waals surface area contributed by atoms with Crippen LogP contribution in [-0.4, -0.2) is 41.8 Å². The van der Waals surface area contributed by atoms with Crippen LogP contribution in [0.4, 0.5) is 5.69 Å². The summed E-state index contributed by atoms with van der Waals surface area (Å²) in [4.78, 5) is 21.2. The van der Waals surface area contributed by atoms with Crippen LogP contribution in [0.25, 0.3) is 0 Å². The number of aryl methyl sites for hydroxylation is 1. The minimum Gasteiger partial charge on any atom is -0.481 e. The molecule has 23 heavy (non-hydrogen) atoms. The van der Waals surface area contributed by atoms with Crippen molar-refractivity contribution in [3.05, 3.63) is 33.4 Å². The van der Waals surface area contributed by atoms with Crippen LogP contribution in [0.3, 0.4) is 0 Å². The smallest absolute Gasteiger partial charge is 0.306 e. The number of carbonyl (C=O) groups is 1. The quantitative estimate of drug-likeness (QED) is 0.657. The van der Waals surface area contributed by atoms with Gasteiger partial charge in [-0.25, -0.2) is 8.42 Å². The number of rotatable bonds is 4. The Morgan fingerprint density at radius 1 is 1.30 bits per heavy atom. The Balaban J connectivity index is 2.43. The van der Waals surface area contributed by atoms with E-state index in [1.807, 2.05) is 0 Å². The molecule has 0 atom stereocenters. The number of nitro groups is 1. The summed E-state index contributed by atoms with van der Waals surface area (Å²) < 4.78 is 26.8. The molecular weight excluding hydrogens is 324 g/mol. The molecule has 0 aliphatic carbocycles. The summed E-state index contributed by atoms with van der Waals surface area (Å²) in [6, 6.07) is 2.71. The van der Waals surface area contributed by atoms with Crippen LogP contribution in [-0.2, 0) is 14.8 Å². The number of carboxylic acids is 1. The topological polar surface area (TPSA) is 118 Å². The minimum atomic E-state index is -4.04. The Morgan fingerprint density at radius 2 is 1.87 bits per heavy atom. The van der Waals surface area contributed by atoms with Crippen LogP contribution in [0, 0.1) is 29.9 Å². The van der Waals surface area contributed by atoms with Gasteiger partial charge in [0.05, 0.1) is 10.8 Å². The molecule has 0 spiro atoms. The van der Waals surface area contributed by atoms with E-state index in [1.54, 1.807) is 13.8 Å². The highest BCUT2D eigenvalue weighted by Gasteiger charge is 2.37. The zero-order valence-corrected chi connectivity index (χ0v) is 13.7. The molecule has 1 saturated heterocycles. The highest BCUT2D eigenvalue weighted by atomic mass is 32.2. The number of nitrogens with zero attached hydrogens (tertiary/aromatic N) is 2. The van der Waals surface area contributed by atoms with Crippen molar-refractivity contribution < 1.29 is 23.2 Å². The zero-order valence-electron chi connectivity index (χ0n) is 12.9. The van der Waals surface area contributed by atoms with Crippen molar-refractivity contribution in [2.45, 2.75) is 31.6 Å². The van der Waals surface area contributed by atoms with Gasteiger partial charge in [0.1, 0.15) is 0 Å². The molecule has 0 unspecified atom stereocenters. The molecule has 1 aromatic rings. The number of benzene rings is 1. The molecule has 1 aliphatic rings. The summed E-state index contributed by atoms with van der Waals surface area (Å²) in [6.45, 7) is 3.32. The maximum Gasteiger partial charge on any atom is 0.306 e. The lowest BCUT2D eigenvalue weighted by molar-refractivity contribution is -0.388. The molecule has 1 aliphatic heterocycles. The van der Waals surface area contributed by atoms with E-state index in [1.165, 1.54) is 12.1 Å². The van der Waals surface area contributed by atoms with Crippen LogP contribution in [0.1, 0.15) is 24.0 Å². The lowest BCUT2D eigenvalue weighted by atomic mass is 9.99. The standard InChI is InChI=1S/C14H18N2O6S/c1-9-3-4-12(16(19)20)13(10(9)2)23(21,22)15-7-5-11(6-8-15)14(17)18/h3-4,11H,5-8H2,1-2H3,(H,17,18). The van der Waals surface area contributed by atoms with Crippen molar-refractivity contribution in [3.8, 4) is 0 Å². The van der Waals surface area contributed by atoms with Gasteiger partial charge in [0.25, 0.3) is 5.69 Å². The first-order valence-electron chi connectivity index (χ1n) is 7.13. The highest BCUT2D eigenvalue weighted by molar-refractivity contribution is 7.89. The number of hydrogen-bond acceptors (Lipinski definition) is 5. The summed E-state index contributed by atoms with van der Waals surface area (Å²) in [5, 5.41) is 20.2. The molecule has 0 saturated carbocycles. The van der Waals surface area contributed by atoms with E-state index in [-0.39, 0.29) is 30.8 Å². The fourth-order valence-electron chi connectivity index (χ4n) is 2.72. The third-order valence-electron chi connectivity index (χ3n) is 4.25. The average Bonchev–Trinajstić information content (AvgIpc) is 2.49. The largest absolute Gasteiger partial charge is 0.481 e. The van der Waals surface area contributed by atoms with Gasteiger partial charge in [0.15, 0.2) is 4.90 Å². The second kappa shape index (κ2) is 6.25. The van der Waals surface area contributed by atoms with Crippen LogP contribution in [0.5, 0.6) is 0 Å². The first kappa shape index (κ1) is 17.4. The molecule has 2 rings (SSSR count). The maximum atomic E-state index is 12.8. The molecule has 1 heterocycles. The zero-order chi connectivity index (χ0) is 17.4. The third kappa shape index (κ3) is 3.20. The van der Waals surface area contributed by atoms with Crippen molar-refractivity contribution in [2.24, 2.45) is 5.92 Å². The van der Waals surface area contributed by atoms with Gasteiger partial charge in [0, 0.05) is 19.2 Å². The van der Waals surface area contributed by atoms with E-state index in [9.17, 15) is 23.3 Å². The molecule has 1 fully saturated rings. The van der Waals surface area contributed by atoms with Gasteiger partial charge in [-0.1, -0.05) is 6.07 Å². The molecular formula is C14H18N2O6S. The Morgan fingerprint density at radius 3 is 2.35 bits per heavy atom. The predicted molar refractivity (Wildman–Crippen MR) is 81.7 cm³/mol. The Labute approximate surface area is 133 Å². The minimum absolute atomic E-state index is 0.0455. The SMILES string of the molecule is Cc1ccc([N+](=O)[O-])c(S(=O)(=O)N2CCC(C(=O)O)CC2)c1C. The molecule has 1 N–H and O–H groups in total. The van der Waals surface area contributed by atoms with Crippen molar-refractivity contribution in [2.75, 3.05) is 13.1 Å². The predicted octanol–water partition coefficient (Wildman–Crippen LogP) is 1.70. The first-order chi connectivity index (χ1) is 10.7. The second-order valence-electron chi connectivity index (χ2n) is 5.63. The number of hydrogen-bond donors (Lipinski definition) is 1. The van der Waals surface area contributed by atoms with E-state index < -0.39 is 32.5 Å². The Kier molecular flexibility index (Phi) is 4.71. The van der Waals surface area contributed by atoms with Gasteiger partial charge < -0.3 is 5.11 Å². The molecule has 0 radical (unpaired) electrons. The van der Waals surface area contributed by atoms with Gasteiger partial charge in [-0.3, -0.25) is 14.9 Å². The van der Waals surface area contributed by atoms with E-state index >= 15 is 0 Å². The van der Waals surface area contributed by atoms with Gasteiger partial charge in [-0.2, -0.15) is 4.31 Å². The highest BCUT2D eigenvalue weighted by Crippen LogP contribution is 2.33. The van der Waals surface area contributed by atoms with Gasteiger partial charge in [-0.05, 0) is 37.8 Å². The van der Waals surface area contributed by atoms with Crippen molar-refractivity contribution in [1.29, 1.82) is 0 Å². The van der Waals surface area contributed by atoms with Crippen molar-refractivity contribution in [1.82, 2.24) is 4.31 Å². The summed E-state index contributed by atoms with van der Waals surface area (Å²) in [5.74, 6) is -1.52. The number of sulfonamides is 1. The number of aliphatic carboxylic acids is 1. The average molecular weight is 342 g/mol. The molecule has 126 valence electrons. The molecule has 0 aromatic heterocycles.